The van der Waals surface area contributed by atoms with Gasteiger partial charge < -0.3 is 20.1 Å². The van der Waals surface area contributed by atoms with Gasteiger partial charge in [0.05, 0.1) is 13.2 Å². The monoisotopic (exact) mass is 624 g/mol. The summed E-state index contributed by atoms with van der Waals surface area (Å²) in [6.07, 6.45) is -5.99. The molecule has 0 radical (unpaired) electrons. The first-order valence-electron chi connectivity index (χ1n) is 11.7. The number of hydrogen-bond acceptors (Lipinski definition) is 4. The van der Waals surface area contributed by atoms with E-state index in [4.69, 9.17) is 9.47 Å². The highest BCUT2D eigenvalue weighted by Gasteiger charge is 2.53. The highest BCUT2D eigenvalue weighted by atomic mass is 79.9. The minimum atomic E-state index is -3.01. The Balaban J connectivity index is 0.000000216. The van der Waals surface area contributed by atoms with Gasteiger partial charge in [0.25, 0.3) is 24.7 Å². The van der Waals surface area contributed by atoms with Gasteiger partial charge in [-0.3, -0.25) is 9.59 Å². The molecular weight excluding hydrogens is 598 g/mol. The molecule has 2 aliphatic heterocycles. The van der Waals surface area contributed by atoms with Crippen LogP contribution in [-0.4, -0.2) is 49.1 Å². The van der Waals surface area contributed by atoms with Gasteiger partial charge >= 0.3 is 0 Å². The second-order valence-electron chi connectivity index (χ2n) is 10.2. The van der Waals surface area contributed by atoms with E-state index in [-0.39, 0.29) is 11.1 Å². The molecule has 6 nitrogen and oxygen atoms in total. The van der Waals surface area contributed by atoms with Crippen LogP contribution in [0.2, 0.25) is 0 Å². The largest absolute Gasteiger partial charge is 0.363 e. The van der Waals surface area contributed by atoms with Crippen LogP contribution in [0.25, 0.3) is 0 Å². The predicted octanol–water partition coefficient (Wildman–Crippen LogP) is 5.18. The number of amides is 2. The number of halogens is 7. The number of carbonyl (C=O) groups excluding carboxylic acids is 2. The summed E-state index contributed by atoms with van der Waals surface area (Å²) in [4.78, 5) is 23.7. The molecule has 2 N–H and O–H groups in total. The van der Waals surface area contributed by atoms with E-state index in [0.29, 0.717) is 4.47 Å². The summed E-state index contributed by atoms with van der Waals surface area (Å²) in [7, 11) is 0. The summed E-state index contributed by atoms with van der Waals surface area (Å²) in [5.41, 5.74) is -7.32. The minimum Gasteiger partial charge on any atom is -0.363 e. The van der Waals surface area contributed by atoms with E-state index < -0.39 is 71.8 Å². The SMILES string of the molecule is CC1(C)OCC(c2cc(Br)ccc2F)(C(F)F)NC1=O.CC1(C)OCC(c2ccccc2F)(C(F)F)NC1=O. The van der Waals surface area contributed by atoms with Gasteiger partial charge in [-0.05, 0) is 52.0 Å². The molecular formula is C26H27BrF6N2O4. The van der Waals surface area contributed by atoms with Gasteiger partial charge in [0.2, 0.25) is 0 Å². The van der Waals surface area contributed by atoms with E-state index in [1.165, 1.54) is 58.0 Å². The Hall–Kier alpha value is -2.64. The Bertz CT molecular complexity index is 1240. The van der Waals surface area contributed by atoms with Gasteiger partial charge in [-0.1, -0.05) is 34.1 Å². The molecule has 2 heterocycles. The molecule has 214 valence electrons. The third-order valence-electron chi connectivity index (χ3n) is 6.60. The molecule has 2 amide bonds. The third kappa shape index (κ3) is 5.94. The van der Waals surface area contributed by atoms with Crippen molar-refractivity contribution >= 4 is 27.7 Å². The fraction of sp³-hybridized carbons (Fsp3) is 0.462. The van der Waals surface area contributed by atoms with Crippen LogP contribution >= 0.6 is 15.9 Å². The number of nitrogens with one attached hydrogen (secondary N) is 2. The normalized spacial score (nSPS) is 26.0. The van der Waals surface area contributed by atoms with Crippen LogP contribution in [0.5, 0.6) is 0 Å². The number of benzene rings is 2. The maximum Gasteiger partial charge on any atom is 0.267 e. The second kappa shape index (κ2) is 11.1. The Kier molecular flexibility index (Phi) is 8.78. The minimum absolute atomic E-state index is 0.270. The van der Waals surface area contributed by atoms with Crippen LogP contribution in [0.3, 0.4) is 0 Å². The van der Waals surface area contributed by atoms with Crippen molar-refractivity contribution in [3.63, 3.8) is 0 Å². The zero-order valence-corrected chi connectivity index (χ0v) is 23.0. The van der Waals surface area contributed by atoms with Crippen molar-refractivity contribution in [2.75, 3.05) is 13.2 Å². The first kappa shape index (κ1) is 30.9. The van der Waals surface area contributed by atoms with Gasteiger partial charge in [0, 0.05) is 15.6 Å². The van der Waals surface area contributed by atoms with Crippen molar-refractivity contribution < 1.29 is 45.4 Å². The van der Waals surface area contributed by atoms with Gasteiger partial charge in [0.15, 0.2) is 11.1 Å². The molecule has 0 aliphatic carbocycles. The van der Waals surface area contributed by atoms with E-state index in [1.54, 1.807) is 0 Å². The maximum atomic E-state index is 13.9. The highest BCUT2D eigenvalue weighted by Crippen LogP contribution is 2.38. The zero-order valence-electron chi connectivity index (χ0n) is 21.4. The van der Waals surface area contributed by atoms with E-state index >= 15 is 0 Å². The lowest BCUT2D eigenvalue weighted by Crippen LogP contribution is -2.65. The summed E-state index contributed by atoms with van der Waals surface area (Å²) < 4.78 is 92.4. The van der Waals surface area contributed by atoms with Crippen molar-refractivity contribution in [3.05, 3.63) is 69.7 Å². The predicted molar refractivity (Wildman–Crippen MR) is 132 cm³/mol. The van der Waals surface area contributed by atoms with Gasteiger partial charge in [-0.2, -0.15) is 0 Å². The number of hydrogen-bond donors (Lipinski definition) is 2. The van der Waals surface area contributed by atoms with Crippen molar-refractivity contribution in [2.24, 2.45) is 0 Å². The summed E-state index contributed by atoms with van der Waals surface area (Å²) >= 11 is 3.11. The van der Waals surface area contributed by atoms with Crippen LogP contribution in [0, 0.1) is 11.6 Å². The van der Waals surface area contributed by atoms with Crippen molar-refractivity contribution in [2.45, 2.75) is 62.8 Å². The van der Waals surface area contributed by atoms with Crippen LogP contribution in [-0.2, 0) is 30.1 Å². The molecule has 13 heteroatoms. The lowest BCUT2D eigenvalue weighted by atomic mass is 9.87. The molecule has 2 atom stereocenters. The van der Waals surface area contributed by atoms with E-state index in [1.807, 2.05) is 0 Å². The average molecular weight is 625 g/mol. The van der Waals surface area contributed by atoms with E-state index in [0.717, 1.165) is 12.1 Å². The molecule has 0 bridgehead atoms. The summed E-state index contributed by atoms with van der Waals surface area (Å²) in [5, 5.41) is 4.45. The van der Waals surface area contributed by atoms with Crippen LogP contribution < -0.4 is 10.6 Å². The molecule has 0 aromatic heterocycles. The fourth-order valence-electron chi connectivity index (χ4n) is 3.92. The molecule has 2 aromatic rings. The number of ether oxygens (including phenoxy) is 2. The lowest BCUT2D eigenvalue weighted by Gasteiger charge is -2.43. The van der Waals surface area contributed by atoms with E-state index in [9.17, 15) is 35.9 Å². The quantitative estimate of drug-likeness (QED) is 0.460. The number of alkyl halides is 4. The number of rotatable bonds is 4. The first-order chi connectivity index (χ1) is 18.0. The average Bonchev–Trinajstić information content (AvgIpc) is 2.85. The standard InChI is InChI=1S/C13H13BrF3NO2.C13H14F3NO2/c1-12(2)11(19)18-13(6-20-12,10(16)17)8-5-7(14)3-4-9(8)15;1-12(2)11(18)17-13(7-19-12,10(15)16)8-5-3-4-6-9(8)14/h3-5,10H,6H2,1-2H3,(H,18,19);3-6,10H,7H2,1-2H3,(H,17,18). The van der Waals surface area contributed by atoms with Gasteiger partial charge in [-0.25, -0.2) is 26.3 Å². The van der Waals surface area contributed by atoms with Crippen LogP contribution in [0.15, 0.2) is 46.9 Å². The molecule has 4 rings (SSSR count). The van der Waals surface area contributed by atoms with Crippen LogP contribution in [0.1, 0.15) is 38.8 Å². The van der Waals surface area contributed by atoms with E-state index in [2.05, 4.69) is 26.6 Å². The second-order valence-corrected chi connectivity index (χ2v) is 11.1. The molecule has 2 fully saturated rings. The molecule has 2 aromatic carbocycles. The Morgan fingerprint density at radius 3 is 1.62 bits per heavy atom. The molecule has 0 spiro atoms. The van der Waals surface area contributed by atoms with Crippen molar-refractivity contribution in [3.8, 4) is 0 Å². The zero-order chi connectivity index (χ0) is 29.4. The maximum absolute atomic E-state index is 13.9. The Morgan fingerprint density at radius 2 is 1.18 bits per heavy atom. The molecule has 2 aliphatic rings. The van der Waals surface area contributed by atoms with Crippen LogP contribution in [0.4, 0.5) is 26.3 Å². The lowest BCUT2D eigenvalue weighted by molar-refractivity contribution is -0.172. The molecule has 0 saturated carbocycles. The van der Waals surface area contributed by atoms with Gasteiger partial charge in [0.1, 0.15) is 22.8 Å². The fourth-order valence-corrected chi connectivity index (χ4v) is 4.28. The van der Waals surface area contributed by atoms with Crippen molar-refractivity contribution in [1.82, 2.24) is 10.6 Å². The Morgan fingerprint density at radius 1 is 0.744 bits per heavy atom. The Labute approximate surface area is 229 Å². The first-order valence-corrected chi connectivity index (χ1v) is 12.5. The smallest absolute Gasteiger partial charge is 0.267 e. The molecule has 39 heavy (non-hydrogen) atoms. The summed E-state index contributed by atoms with van der Waals surface area (Å²) in [6, 6.07) is 8.82. The number of morpholine rings is 2. The third-order valence-corrected chi connectivity index (χ3v) is 7.09. The molecule has 2 unspecified atom stereocenters. The summed E-state index contributed by atoms with van der Waals surface area (Å²) in [6.45, 7) is 4.89. The summed E-state index contributed by atoms with van der Waals surface area (Å²) in [5.74, 6) is -3.02. The van der Waals surface area contributed by atoms with Gasteiger partial charge in [-0.15, -0.1) is 0 Å². The molecule has 2 saturated heterocycles. The number of carbonyl (C=O) groups is 2. The van der Waals surface area contributed by atoms with Crippen molar-refractivity contribution in [1.29, 1.82) is 0 Å². The topological polar surface area (TPSA) is 76.7 Å². The highest BCUT2D eigenvalue weighted by molar-refractivity contribution is 9.10.